The number of aromatic amines is 2. The lowest BCUT2D eigenvalue weighted by molar-refractivity contribution is 0.00800. The number of aromatic nitrogens is 7. The Bertz CT molecular complexity index is 1380. The summed E-state index contributed by atoms with van der Waals surface area (Å²) in [6.45, 7) is 0. The highest BCUT2D eigenvalue weighted by Crippen LogP contribution is 2.37. The Morgan fingerprint density at radius 1 is 1.28 bits per heavy atom. The highest BCUT2D eigenvalue weighted by molar-refractivity contribution is 7.85. The maximum absolute atomic E-state index is 13.3. The van der Waals surface area contributed by atoms with E-state index in [1.807, 2.05) is 6.07 Å². The van der Waals surface area contributed by atoms with Gasteiger partial charge in [0.15, 0.2) is 10.7 Å². The maximum Gasteiger partial charge on any atom is 0.274 e. The van der Waals surface area contributed by atoms with Crippen molar-refractivity contribution in [3.8, 4) is 21.6 Å². The van der Waals surface area contributed by atoms with E-state index in [1.54, 1.807) is 6.20 Å². The maximum atomic E-state index is 13.3. The molecule has 2 aliphatic heterocycles. The van der Waals surface area contributed by atoms with E-state index in [1.165, 1.54) is 29.3 Å². The molecule has 4 aromatic heterocycles. The highest BCUT2D eigenvalue weighted by Gasteiger charge is 2.38. The van der Waals surface area contributed by atoms with E-state index < -0.39 is 10.8 Å². The molecule has 2 aliphatic rings. The number of pyridine rings is 1. The Morgan fingerprint density at radius 3 is 2.81 bits per heavy atom. The Morgan fingerprint density at radius 2 is 2.09 bits per heavy atom. The van der Waals surface area contributed by atoms with Crippen LogP contribution in [0.2, 0.25) is 0 Å². The van der Waals surface area contributed by atoms with Gasteiger partial charge in [0.25, 0.3) is 5.56 Å². The van der Waals surface area contributed by atoms with Crippen molar-refractivity contribution in [2.24, 2.45) is 0 Å². The number of hydrogen-bond donors (Lipinski definition) is 2. The molecule has 0 saturated carbocycles. The molecule has 3 atom stereocenters. The predicted molar refractivity (Wildman–Crippen MR) is 117 cm³/mol. The van der Waals surface area contributed by atoms with Gasteiger partial charge in [-0.3, -0.25) is 14.1 Å². The second kappa shape index (κ2) is 7.60. The van der Waals surface area contributed by atoms with Gasteiger partial charge in [-0.05, 0) is 31.7 Å². The third-order valence-corrected chi connectivity index (χ3v) is 8.52. The standard InChI is InChI=1S/C19H19N7O4S2/c1-29-17-13-6-12(32(28)11-4-9-2-3-10(5-11)30-9)7-20-15(13)26(25-17)19-24-23-18(31-19)14-8-21-22-16(14)27/h6-11H,2-5H2,1H3,(H2,21,22,27). The molecule has 4 aromatic rings. The van der Waals surface area contributed by atoms with Gasteiger partial charge in [-0.1, -0.05) is 11.3 Å². The van der Waals surface area contributed by atoms with E-state index >= 15 is 0 Å². The van der Waals surface area contributed by atoms with Crippen molar-refractivity contribution >= 4 is 33.2 Å². The number of nitrogens with one attached hydrogen (secondary N) is 2. The van der Waals surface area contributed by atoms with Gasteiger partial charge >= 0.3 is 0 Å². The fraction of sp³-hybridized carbons (Fsp3) is 0.421. The number of H-pyrrole nitrogens is 2. The molecule has 2 fully saturated rings. The van der Waals surface area contributed by atoms with Gasteiger partial charge in [0, 0.05) is 17.6 Å². The zero-order valence-corrected chi connectivity index (χ0v) is 18.6. The molecule has 166 valence electrons. The molecule has 0 radical (unpaired) electrons. The largest absolute Gasteiger partial charge is 0.479 e. The van der Waals surface area contributed by atoms with Crippen molar-refractivity contribution in [3.63, 3.8) is 0 Å². The number of ether oxygens (including phenoxy) is 2. The average Bonchev–Trinajstić information content (AvgIpc) is 3.58. The SMILES string of the molecule is COc1nn(-c2nnc(-c3c[nH][nH]c3=O)s2)c2ncc(S(=O)C3CC4CCC(C3)O4)cc12. The van der Waals surface area contributed by atoms with Crippen LogP contribution in [0.3, 0.4) is 0 Å². The Labute approximate surface area is 187 Å². The first-order valence-corrected chi connectivity index (χ1v) is 12.2. The van der Waals surface area contributed by atoms with Gasteiger partial charge in [0.2, 0.25) is 11.0 Å². The lowest BCUT2D eigenvalue weighted by Gasteiger charge is -2.27. The van der Waals surface area contributed by atoms with Crippen LogP contribution in [0.4, 0.5) is 0 Å². The molecule has 6 heterocycles. The van der Waals surface area contributed by atoms with Crippen LogP contribution in [0, 0.1) is 0 Å². The van der Waals surface area contributed by atoms with Gasteiger partial charge in [-0.25, -0.2) is 4.98 Å². The lowest BCUT2D eigenvalue weighted by atomic mass is 10.1. The van der Waals surface area contributed by atoms with Gasteiger partial charge in [0.05, 0.1) is 46.0 Å². The van der Waals surface area contributed by atoms with Crippen LogP contribution in [0.25, 0.3) is 26.7 Å². The van der Waals surface area contributed by atoms with E-state index in [0.29, 0.717) is 37.5 Å². The van der Waals surface area contributed by atoms with Crippen molar-refractivity contribution < 1.29 is 13.7 Å². The molecule has 0 spiro atoms. The summed E-state index contributed by atoms with van der Waals surface area (Å²) < 4.78 is 26.2. The molecular formula is C19H19N7O4S2. The Kier molecular flexibility index (Phi) is 4.69. The van der Waals surface area contributed by atoms with Crippen LogP contribution in [-0.4, -0.2) is 63.9 Å². The van der Waals surface area contributed by atoms with E-state index in [2.05, 4.69) is 30.5 Å². The minimum atomic E-state index is -1.19. The number of methoxy groups -OCH3 is 1. The van der Waals surface area contributed by atoms with E-state index in [9.17, 15) is 9.00 Å². The van der Waals surface area contributed by atoms with Crippen molar-refractivity contribution in [2.45, 2.75) is 48.0 Å². The summed E-state index contributed by atoms with van der Waals surface area (Å²) in [6, 6.07) is 1.83. The molecular weight excluding hydrogens is 454 g/mol. The van der Waals surface area contributed by atoms with Crippen LogP contribution in [0.1, 0.15) is 25.7 Å². The molecule has 2 N–H and O–H groups in total. The second-order valence-corrected chi connectivity index (χ2v) is 10.5. The minimum absolute atomic E-state index is 0.0618. The van der Waals surface area contributed by atoms with Crippen LogP contribution >= 0.6 is 11.3 Å². The molecule has 0 aromatic carbocycles. The predicted octanol–water partition coefficient (Wildman–Crippen LogP) is 1.78. The molecule has 2 saturated heterocycles. The number of hydrogen-bond acceptors (Lipinski definition) is 9. The molecule has 2 bridgehead atoms. The summed E-state index contributed by atoms with van der Waals surface area (Å²) >= 11 is 1.21. The van der Waals surface area contributed by atoms with Gasteiger partial charge in [0.1, 0.15) is 0 Å². The zero-order chi connectivity index (χ0) is 21.8. The van der Waals surface area contributed by atoms with Crippen LogP contribution in [0.15, 0.2) is 28.2 Å². The quantitative estimate of drug-likeness (QED) is 0.447. The first-order valence-electron chi connectivity index (χ1n) is 10.2. The molecule has 11 nitrogen and oxygen atoms in total. The fourth-order valence-corrected chi connectivity index (χ4v) is 6.77. The summed E-state index contributed by atoms with van der Waals surface area (Å²) in [5, 5.41) is 19.5. The van der Waals surface area contributed by atoms with E-state index in [-0.39, 0.29) is 23.0 Å². The third kappa shape index (κ3) is 3.19. The third-order valence-electron chi connectivity index (χ3n) is 5.91. The van der Waals surface area contributed by atoms with Crippen molar-refractivity contribution in [1.82, 2.24) is 35.2 Å². The molecule has 3 unspecified atom stereocenters. The summed E-state index contributed by atoms with van der Waals surface area (Å²) in [5.74, 6) is 0.356. The first-order chi connectivity index (χ1) is 15.6. The summed E-state index contributed by atoms with van der Waals surface area (Å²) in [7, 11) is 0.331. The van der Waals surface area contributed by atoms with Crippen LogP contribution < -0.4 is 10.3 Å². The van der Waals surface area contributed by atoms with Crippen LogP contribution in [0.5, 0.6) is 5.88 Å². The zero-order valence-electron chi connectivity index (χ0n) is 17.0. The molecule has 6 rings (SSSR count). The van der Waals surface area contributed by atoms with E-state index in [4.69, 9.17) is 9.47 Å². The minimum Gasteiger partial charge on any atom is -0.479 e. The van der Waals surface area contributed by atoms with Gasteiger partial charge < -0.3 is 14.6 Å². The second-order valence-electron chi connectivity index (χ2n) is 7.86. The Hall–Kier alpha value is -2.90. The van der Waals surface area contributed by atoms with Crippen molar-refractivity contribution in [1.29, 1.82) is 0 Å². The monoisotopic (exact) mass is 473 g/mol. The summed E-state index contributed by atoms with van der Waals surface area (Å²) in [4.78, 5) is 17.1. The van der Waals surface area contributed by atoms with E-state index in [0.717, 1.165) is 25.7 Å². The average molecular weight is 474 g/mol. The fourth-order valence-electron chi connectivity index (χ4n) is 4.40. The molecule has 13 heteroatoms. The topological polar surface area (TPSA) is 141 Å². The number of fused-ring (bicyclic) bond motifs is 3. The smallest absolute Gasteiger partial charge is 0.274 e. The van der Waals surface area contributed by atoms with Crippen LogP contribution in [-0.2, 0) is 15.5 Å². The Balaban J connectivity index is 1.36. The molecule has 0 aliphatic carbocycles. The first kappa shape index (κ1) is 19.8. The number of rotatable bonds is 5. The van der Waals surface area contributed by atoms with Crippen molar-refractivity contribution in [3.05, 3.63) is 28.8 Å². The van der Waals surface area contributed by atoms with Crippen molar-refractivity contribution in [2.75, 3.05) is 7.11 Å². The summed E-state index contributed by atoms with van der Waals surface area (Å²) in [6.07, 6.45) is 7.32. The number of nitrogens with zero attached hydrogens (tertiary/aromatic N) is 5. The normalized spacial score (nSPS) is 23.6. The van der Waals surface area contributed by atoms with Gasteiger partial charge in [-0.2, -0.15) is 4.68 Å². The molecule has 32 heavy (non-hydrogen) atoms. The summed E-state index contributed by atoms with van der Waals surface area (Å²) in [5.41, 5.74) is 0.635. The van der Waals surface area contributed by atoms with Gasteiger partial charge in [-0.15, -0.1) is 15.3 Å². The molecule has 0 amide bonds. The lowest BCUT2D eigenvalue weighted by Crippen LogP contribution is -2.31. The highest BCUT2D eigenvalue weighted by atomic mass is 32.2.